The molecule has 6 nitrogen and oxygen atoms in total. The third-order valence-electron chi connectivity index (χ3n) is 24.4. The van der Waals surface area contributed by atoms with E-state index < -0.39 is 0 Å². The minimum Gasteiger partial charge on any atom is -0.456 e. The van der Waals surface area contributed by atoms with E-state index in [4.69, 9.17) is 17.7 Å². The third-order valence-corrected chi connectivity index (χ3v) is 24.4. The monoisotopic (exact) mass is 1430 g/mol. The maximum atomic E-state index is 7.08. The molecule has 6 heteroatoms. The Kier molecular flexibility index (Phi) is 13.3. The second kappa shape index (κ2) is 23.8. The van der Waals surface area contributed by atoms with Crippen molar-refractivity contribution in [2.45, 2.75) is 25.8 Å². The molecule has 0 spiro atoms. The zero-order valence-electron chi connectivity index (χ0n) is 61.2. The second-order valence-electron chi connectivity index (χ2n) is 31.0. The molecule has 0 N–H and O–H groups in total. The first-order valence-electron chi connectivity index (χ1n) is 38.6. The number of hydrogen-bond acceptors (Lipinski definition) is 4. The standard InChI is InChI=1S/C106H66N2O4/c1-106(2)92-55-74(73-36-43-100-86(51-73)85-49-70(34-42-99(85)110-100)64-21-11-5-12-22-64)31-39-77(92)80-60-104-90(57-93(80)106)87-50-71(35-44-101(87)111-104)72-37-45-103-88(52-72)91-54-75(65-23-13-6-14-24-65)53-79(105(91)112-103)67-29-27-66(28-30-67)69-33-41-95-82(48-69)84-58-96-83(59-97(84)108(95)76-38-46-102-89(56-76)78-25-15-16-26-98(78)109-102)81-47-68(63-19-9-4-10-20-63)32-40-94(81)107(96)61-62-17-7-3-8-18-62/h3-60H,61H2,1-2H3. The van der Waals surface area contributed by atoms with E-state index in [0.29, 0.717) is 0 Å². The molecular formula is C106H66N2O4. The highest BCUT2D eigenvalue weighted by atomic mass is 16.3. The zero-order chi connectivity index (χ0) is 73.6. The highest BCUT2D eigenvalue weighted by Crippen LogP contribution is 2.53. The van der Waals surface area contributed by atoms with Crippen molar-refractivity contribution in [2.24, 2.45) is 0 Å². The van der Waals surface area contributed by atoms with Crippen molar-refractivity contribution in [2.75, 3.05) is 0 Å². The molecule has 0 saturated carbocycles. The van der Waals surface area contributed by atoms with E-state index in [2.05, 4.69) is 369 Å². The molecule has 0 atom stereocenters. The van der Waals surface area contributed by atoms with Gasteiger partial charge in [-0.1, -0.05) is 226 Å². The summed E-state index contributed by atoms with van der Waals surface area (Å²) in [5.74, 6) is 0. The number of fused-ring (bicyclic) bond motifs is 21. The maximum Gasteiger partial charge on any atom is 0.143 e. The van der Waals surface area contributed by atoms with Gasteiger partial charge in [-0.3, -0.25) is 0 Å². The van der Waals surface area contributed by atoms with E-state index in [0.717, 1.165) is 161 Å². The molecule has 24 rings (SSSR count). The molecule has 0 amide bonds. The van der Waals surface area contributed by atoms with Crippen LogP contribution in [0.25, 0.3) is 226 Å². The number of para-hydroxylation sites is 1. The minimum atomic E-state index is -0.272. The van der Waals surface area contributed by atoms with Crippen molar-refractivity contribution in [3.63, 3.8) is 0 Å². The Morgan fingerprint density at radius 3 is 1.26 bits per heavy atom. The highest BCUT2D eigenvalue weighted by Gasteiger charge is 2.37. The first-order valence-corrected chi connectivity index (χ1v) is 38.6. The number of aromatic nitrogens is 2. The van der Waals surface area contributed by atoms with Gasteiger partial charge in [-0.05, 0) is 240 Å². The smallest absolute Gasteiger partial charge is 0.143 e. The van der Waals surface area contributed by atoms with Crippen molar-refractivity contribution in [3.8, 4) is 94.7 Å². The molecule has 0 bridgehead atoms. The van der Waals surface area contributed by atoms with E-state index in [1.807, 2.05) is 6.07 Å². The lowest BCUT2D eigenvalue weighted by molar-refractivity contribution is 0.658. The molecule has 17 aromatic carbocycles. The summed E-state index contributed by atoms with van der Waals surface area (Å²) in [5.41, 5.74) is 34.7. The van der Waals surface area contributed by atoms with Crippen LogP contribution in [0.3, 0.4) is 0 Å². The summed E-state index contributed by atoms with van der Waals surface area (Å²) in [6.45, 7) is 5.47. The first kappa shape index (κ1) is 62.6. The molecular weight excluding hydrogens is 1370 g/mol. The van der Waals surface area contributed by atoms with Crippen LogP contribution in [0.1, 0.15) is 30.5 Å². The van der Waals surface area contributed by atoms with Crippen LogP contribution < -0.4 is 0 Å². The molecule has 23 aromatic rings. The van der Waals surface area contributed by atoms with E-state index in [1.54, 1.807) is 0 Å². The Bertz CT molecular complexity index is 7900. The lowest BCUT2D eigenvalue weighted by Gasteiger charge is -2.22. The van der Waals surface area contributed by atoms with Crippen LogP contribution in [-0.2, 0) is 12.0 Å². The molecule has 6 aromatic heterocycles. The highest BCUT2D eigenvalue weighted by molar-refractivity contribution is 6.21. The van der Waals surface area contributed by atoms with Gasteiger partial charge < -0.3 is 26.8 Å². The number of nitrogens with zero attached hydrogens (tertiary/aromatic N) is 2. The Morgan fingerprint density at radius 1 is 0.223 bits per heavy atom. The lowest BCUT2D eigenvalue weighted by Crippen LogP contribution is -2.15. The maximum absolute atomic E-state index is 7.08. The normalized spacial score (nSPS) is 12.8. The van der Waals surface area contributed by atoms with Crippen LogP contribution in [0.15, 0.2) is 370 Å². The van der Waals surface area contributed by atoms with Gasteiger partial charge in [0.15, 0.2) is 0 Å². The predicted molar refractivity (Wildman–Crippen MR) is 464 cm³/mol. The summed E-state index contributed by atoms with van der Waals surface area (Å²) >= 11 is 0. The van der Waals surface area contributed by atoms with Crippen molar-refractivity contribution in [3.05, 3.63) is 369 Å². The van der Waals surface area contributed by atoms with Gasteiger partial charge in [-0.25, -0.2) is 0 Å². The van der Waals surface area contributed by atoms with Crippen LogP contribution in [0.4, 0.5) is 0 Å². The van der Waals surface area contributed by atoms with E-state index in [1.165, 1.54) is 88.2 Å². The minimum absolute atomic E-state index is 0.272. The number of rotatable bonds is 10. The van der Waals surface area contributed by atoms with Crippen molar-refractivity contribution in [1.82, 2.24) is 9.13 Å². The van der Waals surface area contributed by atoms with Crippen LogP contribution in [0.5, 0.6) is 0 Å². The fourth-order valence-electron chi connectivity index (χ4n) is 18.7. The third kappa shape index (κ3) is 9.58. The van der Waals surface area contributed by atoms with Crippen LogP contribution in [0, 0.1) is 0 Å². The SMILES string of the molecule is CC1(C)c2cc(-c3ccc4oc5ccc(-c6ccccc6)cc5c4c3)ccc2-c2cc3oc4ccc(-c5ccc6oc7c(-c8ccc(-c9ccc%10c(c9)c9cc%11c(cc9n%10-c9ccc%10oc%12ccccc%12c%10c9)c9cc(-c%10ccccc%10)ccc9n%11Cc9ccccc9)cc8)cc(-c8ccccc8)cc7c6c5)cc4c3cc21. The topological polar surface area (TPSA) is 62.4 Å². The summed E-state index contributed by atoms with van der Waals surface area (Å²) in [7, 11) is 0. The number of furan rings is 4. The molecule has 0 aliphatic heterocycles. The number of benzene rings is 17. The van der Waals surface area contributed by atoms with Gasteiger partial charge in [-0.2, -0.15) is 0 Å². The number of hydrogen-bond donors (Lipinski definition) is 0. The molecule has 0 unspecified atom stereocenters. The zero-order valence-corrected chi connectivity index (χ0v) is 61.2. The van der Waals surface area contributed by atoms with Crippen molar-refractivity contribution < 1.29 is 17.7 Å². The fraction of sp³-hybridized carbons (Fsp3) is 0.0377. The summed E-state index contributed by atoms with van der Waals surface area (Å²) in [5, 5.41) is 13.6. The molecule has 0 radical (unpaired) electrons. The molecule has 0 saturated heterocycles. The van der Waals surface area contributed by atoms with Gasteiger partial charge >= 0.3 is 0 Å². The van der Waals surface area contributed by atoms with Gasteiger partial charge in [0.05, 0.1) is 16.6 Å². The quantitative estimate of drug-likeness (QED) is 0.137. The van der Waals surface area contributed by atoms with Gasteiger partial charge in [0.2, 0.25) is 0 Å². The van der Waals surface area contributed by atoms with E-state index >= 15 is 0 Å². The van der Waals surface area contributed by atoms with Gasteiger partial charge in [0, 0.05) is 93.4 Å². The molecule has 6 heterocycles. The molecule has 112 heavy (non-hydrogen) atoms. The molecule has 1 aliphatic carbocycles. The van der Waals surface area contributed by atoms with Crippen LogP contribution in [0.2, 0.25) is 0 Å². The van der Waals surface area contributed by atoms with Gasteiger partial charge in [0.25, 0.3) is 0 Å². The predicted octanol–water partition coefficient (Wildman–Crippen LogP) is 29.5. The Balaban J connectivity index is 0.594. The largest absolute Gasteiger partial charge is 0.456 e. The fourth-order valence-corrected chi connectivity index (χ4v) is 18.7. The van der Waals surface area contributed by atoms with Gasteiger partial charge in [0.1, 0.15) is 44.7 Å². The summed E-state index contributed by atoms with van der Waals surface area (Å²) < 4.78 is 31.7. The Morgan fingerprint density at radius 2 is 0.625 bits per heavy atom. The van der Waals surface area contributed by atoms with E-state index in [9.17, 15) is 0 Å². The Hall–Kier alpha value is -14.5. The summed E-state index contributed by atoms with van der Waals surface area (Å²) in [6, 6.07) is 129. The first-order chi connectivity index (χ1) is 55.2. The summed E-state index contributed by atoms with van der Waals surface area (Å²) in [4.78, 5) is 0. The van der Waals surface area contributed by atoms with Crippen molar-refractivity contribution in [1.29, 1.82) is 0 Å². The van der Waals surface area contributed by atoms with E-state index in [-0.39, 0.29) is 5.41 Å². The average molecular weight is 1430 g/mol. The van der Waals surface area contributed by atoms with Crippen molar-refractivity contribution >= 4 is 131 Å². The summed E-state index contributed by atoms with van der Waals surface area (Å²) in [6.07, 6.45) is 0. The average Bonchev–Trinajstić information content (AvgIpc) is 1.56. The van der Waals surface area contributed by atoms with Crippen LogP contribution >= 0.6 is 0 Å². The molecule has 1 aliphatic rings. The van der Waals surface area contributed by atoms with Crippen LogP contribution in [-0.4, -0.2) is 9.13 Å². The van der Waals surface area contributed by atoms with Gasteiger partial charge in [-0.15, -0.1) is 0 Å². The Labute approximate surface area is 643 Å². The molecule has 0 fully saturated rings. The molecule has 524 valence electrons. The second-order valence-corrected chi connectivity index (χ2v) is 31.0. The lowest BCUT2D eigenvalue weighted by atomic mass is 9.81.